The van der Waals surface area contributed by atoms with Crippen molar-refractivity contribution in [3.63, 3.8) is 0 Å². The molecule has 0 aliphatic carbocycles. The first-order valence-corrected chi connectivity index (χ1v) is 31.3. The Balaban J connectivity index is 1.35. The van der Waals surface area contributed by atoms with Crippen molar-refractivity contribution in [1.29, 1.82) is 0 Å². The Hall–Kier alpha value is -6.71. The van der Waals surface area contributed by atoms with Crippen molar-refractivity contribution in [1.82, 2.24) is 30.2 Å². The molecule has 2 aromatic heterocycles. The Morgan fingerprint density at radius 2 is 1.57 bits per heavy atom. The number of alkyl halides is 3. The number of methoxy groups -OCH3 is 1. The highest BCUT2D eigenvalue weighted by Gasteiger charge is 2.47. The van der Waals surface area contributed by atoms with Crippen LogP contribution in [0.2, 0.25) is 16.6 Å². The van der Waals surface area contributed by atoms with Gasteiger partial charge in [-0.1, -0.05) is 91.8 Å². The van der Waals surface area contributed by atoms with Crippen molar-refractivity contribution in [2.24, 2.45) is 5.41 Å². The molecule has 3 aliphatic heterocycles. The number of amides is 3. The third kappa shape index (κ3) is 14.5. The Bertz CT molecular complexity index is 3170. The van der Waals surface area contributed by atoms with Gasteiger partial charge in [-0.2, -0.15) is 13.2 Å². The number of carbonyl (C=O) groups excluding carboxylic acids is 4. The predicted molar refractivity (Wildman–Crippen MR) is 317 cm³/mol. The second kappa shape index (κ2) is 25.5. The molecule has 3 aliphatic rings. The van der Waals surface area contributed by atoms with Crippen LogP contribution in [-0.2, 0) is 54.5 Å². The molecule has 456 valence electrons. The van der Waals surface area contributed by atoms with E-state index in [9.17, 15) is 19.2 Å². The fraction of sp³-hybridized carbons (Fsp3) is 0.540. The van der Waals surface area contributed by atoms with Gasteiger partial charge in [-0.3, -0.25) is 19.6 Å². The summed E-state index contributed by atoms with van der Waals surface area (Å²) < 4.78 is 95.8. The van der Waals surface area contributed by atoms with E-state index < -0.39 is 80.1 Å². The Labute approximate surface area is 492 Å². The summed E-state index contributed by atoms with van der Waals surface area (Å²) in [7, 11) is -1.27. The standard InChI is InChI=1S/C63H83F4N7O9Si/c1-38(2)84(39(3)4,40(5)6)83-46-27-43-26-44(29-46)47-31-48-50(33-62(11,12)37-81-58(76)52-20-17-21-74(70-52)57(75)53(28-43)69-59(77)82-61(8,9)10)56(73(36-63(65,66)67)54(48)32-51(47)64)49-30-45(34-68-55(49)41(7)79-13)71-22-24-72(25-23-71)60(78)80-35-42-18-15-14-16-19-42/h14-16,18-19,26-27,29-32,34,38-41,52-53,70H,17,20-25,28,33,35-37H2,1-13H3,(H,69,77)/t41-,52-,53-/m0/s1. The molecule has 84 heavy (non-hydrogen) atoms. The number of pyridine rings is 1. The molecular weight excluding hydrogens is 1100 g/mol. The maximum atomic E-state index is 17.8. The number of fused-ring (bicyclic) bond motifs is 6. The molecule has 0 spiro atoms. The Kier molecular flexibility index (Phi) is 19.2. The summed E-state index contributed by atoms with van der Waals surface area (Å²) in [6.45, 7) is 23.2. The molecule has 16 nitrogen and oxygen atoms in total. The normalized spacial score (nSPS) is 18.7. The molecule has 8 rings (SSSR count). The minimum absolute atomic E-state index is 0.0250. The van der Waals surface area contributed by atoms with E-state index in [1.54, 1.807) is 69.1 Å². The quantitative estimate of drug-likeness (QED) is 0.0497. The van der Waals surface area contributed by atoms with Gasteiger partial charge in [-0.05, 0) is 116 Å². The molecule has 3 aromatic carbocycles. The second-order valence-electron chi connectivity index (χ2n) is 25.3. The third-order valence-corrected chi connectivity index (χ3v) is 22.3. The summed E-state index contributed by atoms with van der Waals surface area (Å²) in [6, 6.07) is 16.9. The van der Waals surface area contributed by atoms with Gasteiger partial charge in [0.2, 0.25) is 0 Å². The van der Waals surface area contributed by atoms with Gasteiger partial charge in [-0.15, -0.1) is 0 Å². The highest BCUT2D eigenvalue weighted by molar-refractivity contribution is 6.78. The summed E-state index contributed by atoms with van der Waals surface area (Å²) in [6.07, 6.45) is -4.60. The van der Waals surface area contributed by atoms with Crippen molar-refractivity contribution in [2.75, 3.05) is 51.3 Å². The lowest BCUT2D eigenvalue weighted by Gasteiger charge is -2.42. The molecule has 2 saturated heterocycles. The number of halogens is 4. The molecule has 0 radical (unpaired) electrons. The minimum Gasteiger partial charge on any atom is -0.543 e. The average Bonchev–Trinajstić information content (AvgIpc) is 1.90. The van der Waals surface area contributed by atoms with Crippen molar-refractivity contribution in [3.05, 3.63) is 101 Å². The lowest BCUT2D eigenvalue weighted by molar-refractivity contribution is -0.155. The van der Waals surface area contributed by atoms with Gasteiger partial charge < -0.3 is 43.1 Å². The first-order valence-electron chi connectivity index (χ1n) is 29.2. The first kappa shape index (κ1) is 63.3. The van der Waals surface area contributed by atoms with E-state index in [-0.39, 0.29) is 66.0 Å². The van der Waals surface area contributed by atoms with Crippen LogP contribution in [0.5, 0.6) is 5.75 Å². The van der Waals surface area contributed by atoms with E-state index in [1.165, 1.54) is 12.1 Å². The maximum absolute atomic E-state index is 17.8. The average molecular weight is 1190 g/mol. The van der Waals surface area contributed by atoms with Crippen molar-refractivity contribution in [2.45, 2.75) is 169 Å². The number of hydrogen-bond donors (Lipinski definition) is 2. The Morgan fingerprint density at radius 3 is 2.20 bits per heavy atom. The third-order valence-electron chi connectivity index (χ3n) is 16.3. The lowest BCUT2D eigenvalue weighted by Crippen LogP contribution is -2.60. The van der Waals surface area contributed by atoms with Crippen LogP contribution < -0.4 is 20.1 Å². The van der Waals surface area contributed by atoms with Crippen LogP contribution in [-0.4, -0.2) is 122 Å². The predicted octanol–water partition coefficient (Wildman–Crippen LogP) is 12.8. The number of alkyl carbamates (subject to hydrolysis) is 1. The fourth-order valence-corrected chi connectivity index (χ4v) is 17.6. The van der Waals surface area contributed by atoms with Crippen molar-refractivity contribution in [3.8, 4) is 28.1 Å². The zero-order valence-electron chi connectivity index (χ0n) is 50.8. The Morgan fingerprint density at radius 1 is 0.893 bits per heavy atom. The number of piperazine rings is 1. The summed E-state index contributed by atoms with van der Waals surface area (Å²) in [5.74, 6) is -1.62. The van der Waals surface area contributed by atoms with E-state index in [1.807, 2.05) is 49.1 Å². The molecular formula is C63H83F4N7O9Si. The van der Waals surface area contributed by atoms with E-state index in [0.29, 0.717) is 83.8 Å². The molecule has 2 fully saturated rings. The van der Waals surface area contributed by atoms with Crippen molar-refractivity contribution >= 4 is 49.0 Å². The topological polar surface area (TPSA) is 166 Å². The number of nitrogens with zero attached hydrogens (tertiary/aromatic N) is 5. The van der Waals surface area contributed by atoms with Gasteiger partial charge in [-0.25, -0.2) is 19.4 Å². The minimum atomic E-state index is -4.81. The van der Waals surface area contributed by atoms with Crippen LogP contribution in [0.1, 0.15) is 124 Å². The molecule has 5 heterocycles. The highest BCUT2D eigenvalue weighted by Crippen LogP contribution is 2.47. The fourth-order valence-electron chi connectivity index (χ4n) is 12.3. The number of cyclic esters (lactones) is 1. The number of aromatic nitrogens is 2. The van der Waals surface area contributed by atoms with E-state index in [2.05, 4.69) is 52.3 Å². The van der Waals surface area contributed by atoms with Gasteiger partial charge in [0.1, 0.15) is 42.4 Å². The molecule has 0 unspecified atom stereocenters. The molecule has 6 bridgehead atoms. The number of carbonyl (C=O) groups is 4. The number of ether oxygens (including phenoxy) is 4. The van der Waals surface area contributed by atoms with Crippen LogP contribution >= 0.6 is 0 Å². The van der Waals surface area contributed by atoms with Crippen LogP contribution in [0.4, 0.5) is 32.8 Å². The molecule has 3 atom stereocenters. The SMILES string of the molecule is CO[C@@H](C)c1ncc(N2CCN(C(=O)OCc3ccccc3)CC2)cc1-c1c2c3cc(c(F)cc3n1CC(F)(F)F)-c1cc(cc(O[Si](C(C)C)(C(C)C)C(C)C)c1)C[C@H](NC(=O)OC(C)(C)C)C(=O)N1CCC[C@H](N1)C(=O)OCC(C)(C)C2. The molecule has 21 heteroatoms. The number of rotatable bonds is 13. The first-order chi connectivity index (χ1) is 39.5. The van der Waals surface area contributed by atoms with Crippen LogP contribution in [0.3, 0.4) is 0 Å². The monoisotopic (exact) mass is 1190 g/mol. The zero-order valence-corrected chi connectivity index (χ0v) is 51.8. The molecule has 3 amide bonds. The maximum Gasteiger partial charge on any atom is 0.410 e. The lowest BCUT2D eigenvalue weighted by atomic mass is 9.84. The zero-order chi connectivity index (χ0) is 61.2. The molecule has 0 saturated carbocycles. The number of nitrogens with one attached hydrogen (secondary N) is 2. The summed E-state index contributed by atoms with van der Waals surface area (Å²) >= 11 is 0. The molecule has 2 N–H and O–H groups in total. The van der Waals surface area contributed by atoms with Gasteiger partial charge in [0.15, 0.2) is 0 Å². The number of hydrazine groups is 1. The van der Waals surface area contributed by atoms with Gasteiger partial charge in [0.05, 0.1) is 41.5 Å². The van der Waals surface area contributed by atoms with Gasteiger partial charge in [0.25, 0.3) is 14.2 Å². The summed E-state index contributed by atoms with van der Waals surface area (Å²) in [4.78, 5) is 64.5. The van der Waals surface area contributed by atoms with Crippen LogP contribution in [0.25, 0.3) is 33.3 Å². The number of esters is 1. The molecule has 5 aromatic rings. The van der Waals surface area contributed by atoms with E-state index >= 15 is 17.6 Å². The second-order valence-corrected chi connectivity index (χ2v) is 30.7. The number of hydrogen-bond acceptors (Lipinski definition) is 12. The van der Waals surface area contributed by atoms with Crippen LogP contribution in [0, 0.1) is 11.2 Å². The van der Waals surface area contributed by atoms with E-state index in [0.717, 1.165) is 16.2 Å². The summed E-state index contributed by atoms with van der Waals surface area (Å²) in [5.41, 5.74) is 4.91. The van der Waals surface area contributed by atoms with Gasteiger partial charge >= 0.3 is 24.3 Å². The summed E-state index contributed by atoms with van der Waals surface area (Å²) in [5, 5.41) is 4.41. The van der Waals surface area contributed by atoms with Gasteiger partial charge in [0, 0.05) is 68.2 Å². The number of anilines is 1. The van der Waals surface area contributed by atoms with E-state index in [4.69, 9.17) is 28.4 Å². The number of benzene rings is 3. The highest BCUT2D eigenvalue weighted by atomic mass is 28.4. The van der Waals surface area contributed by atoms with Crippen molar-refractivity contribution < 1.29 is 60.1 Å². The largest absolute Gasteiger partial charge is 0.543 e. The van der Waals surface area contributed by atoms with Crippen LogP contribution in [0.15, 0.2) is 72.9 Å². The smallest absolute Gasteiger partial charge is 0.410 e.